The number of allylic oxidation sites excluding steroid dienone is 1. The highest BCUT2D eigenvalue weighted by Gasteiger charge is 2.22. The number of halogens is 2. The average molecular weight is 383 g/mol. The second kappa shape index (κ2) is 8.31. The van der Waals surface area contributed by atoms with E-state index in [2.05, 4.69) is 22.6 Å². The van der Waals surface area contributed by atoms with Crippen LogP contribution in [0, 0.1) is 5.82 Å². The van der Waals surface area contributed by atoms with Crippen molar-refractivity contribution in [3.05, 3.63) is 46.0 Å². The molecule has 0 aliphatic heterocycles. The van der Waals surface area contributed by atoms with Crippen LogP contribution in [0.4, 0.5) is 4.39 Å². The molecule has 0 amide bonds. The third kappa shape index (κ3) is 3.77. The molecule has 2 aromatic rings. The Balaban J connectivity index is 2.78. The van der Waals surface area contributed by atoms with Crippen LogP contribution < -0.4 is 4.74 Å². The molecule has 0 N–H and O–H groups in total. The minimum Gasteiger partial charge on any atom is -0.492 e. The van der Waals surface area contributed by atoms with Gasteiger partial charge < -0.3 is 9.47 Å². The van der Waals surface area contributed by atoms with Crippen LogP contribution in [-0.4, -0.2) is 30.2 Å². The van der Waals surface area contributed by atoms with E-state index in [0.29, 0.717) is 11.3 Å². The highest BCUT2D eigenvalue weighted by molar-refractivity contribution is 7.79. The van der Waals surface area contributed by atoms with Crippen LogP contribution >= 0.6 is 24.2 Å². The summed E-state index contributed by atoms with van der Waals surface area (Å²) in [4.78, 5) is 20.6. The Labute approximate surface area is 155 Å². The molecule has 1 aromatic carbocycles. The minimum atomic E-state index is -0.713. The van der Waals surface area contributed by atoms with Crippen LogP contribution in [0.5, 0.6) is 5.75 Å². The van der Waals surface area contributed by atoms with Crippen molar-refractivity contribution < 1.29 is 18.7 Å². The molecule has 0 radical (unpaired) electrons. The number of rotatable bonds is 5. The largest absolute Gasteiger partial charge is 0.492 e. The number of carbonyl (C=O) groups excluding carboxylic acids is 1. The SMILES string of the molecule is C/C=C\c1c(CS)nc(-c2ccc(Cl)c(OC)c2F)nc1C(=O)OC. The minimum absolute atomic E-state index is 0.0187. The number of thiol groups is 1. The first kappa shape index (κ1) is 19.2. The zero-order valence-electron chi connectivity index (χ0n) is 13.8. The first-order valence-electron chi connectivity index (χ1n) is 7.23. The van der Waals surface area contributed by atoms with Crippen LogP contribution in [0.25, 0.3) is 17.5 Å². The maximum absolute atomic E-state index is 14.7. The molecule has 25 heavy (non-hydrogen) atoms. The van der Waals surface area contributed by atoms with Crippen LogP contribution in [-0.2, 0) is 10.5 Å². The molecule has 0 aliphatic rings. The zero-order valence-corrected chi connectivity index (χ0v) is 15.5. The van der Waals surface area contributed by atoms with Gasteiger partial charge in [-0.05, 0) is 19.1 Å². The molecule has 0 saturated carbocycles. The number of hydrogen-bond acceptors (Lipinski definition) is 6. The first-order chi connectivity index (χ1) is 12.0. The summed E-state index contributed by atoms with van der Waals surface area (Å²) in [5, 5.41) is 0.122. The van der Waals surface area contributed by atoms with Crippen molar-refractivity contribution in [2.45, 2.75) is 12.7 Å². The number of carbonyl (C=O) groups is 1. The van der Waals surface area contributed by atoms with Crippen molar-refractivity contribution in [2.24, 2.45) is 0 Å². The lowest BCUT2D eigenvalue weighted by molar-refractivity contribution is 0.0593. The highest BCUT2D eigenvalue weighted by Crippen LogP contribution is 2.34. The Morgan fingerprint density at radius 2 is 2.08 bits per heavy atom. The van der Waals surface area contributed by atoms with Crippen molar-refractivity contribution in [3.8, 4) is 17.1 Å². The van der Waals surface area contributed by atoms with Gasteiger partial charge in [-0.25, -0.2) is 19.2 Å². The van der Waals surface area contributed by atoms with E-state index in [0.717, 1.165) is 0 Å². The maximum atomic E-state index is 14.7. The monoisotopic (exact) mass is 382 g/mol. The van der Waals surface area contributed by atoms with Crippen molar-refractivity contribution in [1.29, 1.82) is 0 Å². The molecule has 0 unspecified atom stereocenters. The summed E-state index contributed by atoms with van der Waals surface area (Å²) >= 11 is 10.2. The summed E-state index contributed by atoms with van der Waals surface area (Å²) in [6, 6.07) is 2.90. The lowest BCUT2D eigenvalue weighted by Crippen LogP contribution is -2.12. The van der Waals surface area contributed by atoms with E-state index in [-0.39, 0.29) is 33.6 Å². The lowest BCUT2D eigenvalue weighted by atomic mass is 10.1. The predicted octanol–water partition coefficient (Wildman–Crippen LogP) is 4.19. The topological polar surface area (TPSA) is 61.3 Å². The smallest absolute Gasteiger partial charge is 0.357 e. The fraction of sp³-hybridized carbons (Fsp3) is 0.235. The van der Waals surface area contributed by atoms with Gasteiger partial charge in [0, 0.05) is 11.3 Å². The normalized spacial score (nSPS) is 11.0. The number of nitrogens with zero attached hydrogens (tertiary/aromatic N) is 2. The molecule has 5 nitrogen and oxygen atoms in total. The summed E-state index contributed by atoms with van der Waals surface area (Å²) in [5.41, 5.74) is 1.04. The molecule has 132 valence electrons. The predicted molar refractivity (Wildman–Crippen MR) is 97.7 cm³/mol. The molecule has 0 fully saturated rings. The van der Waals surface area contributed by atoms with Crippen LogP contribution in [0.3, 0.4) is 0 Å². The standard InChI is InChI=1S/C17H16ClFN2O3S/c1-4-5-9-12(8-25)20-16(21-14(9)17(22)24-3)10-6-7-11(18)15(23-2)13(10)19/h4-7,25H,8H2,1-3H3/b5-4-. The van der Waals surface area contributed by atoms with Gasteiger partial charge in [0.1, 0.15) is 0 Å². The fourth-order valence-electron chi connectivity index (χ4n) is 2.24. The van der Waals surface area contributed by atoms with Gasteiger partial charge in [0.2, 0.25) is 0 Å². The molecular formula is C17H16ClFN2O3S. The molecule has 1 heterocycles. The number of benzene rings is 1. The van der Waals surface area contributed by atoms with E-state index in [4.69, 9.17) is 21.1 Å². The Kier molecular flexibility index (Phi) is 6.39. The number of aromatic nitrogens is 2. The highest BCUT2D eigenvalue weighted by atomic mass is 35.5. The molecule has 0 aliphatic carbocycles. The molecule has 8 heteroatoms. The Morgan fingerprint density at radius 1 is 1.36 bits per heavy atom. The quantitative estimate of drug-likeness (QED) is 0.620. The third-order valence-electron chi connectivity index (χ3n) is 3.38. The second-order valence-electron chi connectivity index (χ2n) is 4.85. The Bertz CT molecular complexity index is 843. The number of methoxy groups -OCH3 is 2. The summed E-state index contributed by atoms with van der Waals surface area (Å²) in [6.45, 7) is 1.79. The van der Waals surface area contributed by atoms with Gasteiger partial charge in [0.15, 0.2) is 23.1 Å². The molecule has 0 bridgehead atoms. The lowest BCUT2D eigenvalue weighted by Gasteiger charge is -2.13. The van der Waals surface area contributed by atoms with E-state index in [1.165, 1.54) is 26.4 Å². The van der Waals surface area contributed by atoms with Gasteiger partial charge in [-0.1, -0.05) is 23.8 Å². The second-order valence-corrected chi connectivity index (χ2v) is 5.57. The van der Waals surface area contributed by atoms with Crippen molar-refractivity contribution in [1.82, 2.24) is 9.97 Å². The summed E-state index contributed by atoms with van der Waals surface area (Å²) < 4.78 is 24.4. The Hall–Kier alpha value is -2.12. The van der Waals surface area contributed by atoms with Gasteiger partial charge in [-0.15, -0.1) is 0 Å². The van der Waals surface area contributed by atoms with Crippen LogP contribution in [0.2, 0.25) is 5.02 Å². The van der Waals surface area contributed by atoms with E-state index in [1.54, 1.807) is 19.1 Å². The van der Waals surface area contributed by atoms with E-state index in [9.17, 15) is 9.18 Å². The average Bonchev–Trinajstić information content (AvgIpc) is 2.62. The van der Waals surface area contributed by atoms with Crippen LogP contribution in [0.1, 0.15) is 28.7 Å². The molecular weight excluding hydrogens is 367 g/mol. The van der Waals surface area contributed by atoms with Gasteiger partial charge in [0.25, 0.3) is 0 Å². The summed E-state index contributed by atoms with van der Waals surface area (Å²) in [7, 11) is 2.55. The van der Waals surface area contributed by atoms with Gasteiger partial charge in [-0.3, -0.25) is 0 Å². The molecule has 0 saturated heterocycles. The number of esters is 1. The first-order valence-corrected chi connectivity index (χ1v) is 8.24. The van der Waals surface area contributed by atoms with Gasteiger partial charge in [0.05, 0.1) is 30.5 Å². The van der Waals surface area contributed by atoms with E-state index in [1.807, 2.05) is 0 Å². The number of hydrogen-bond donors (Lipinski definition) is 1. The number of ether oxygens (including phenoxy) is 2. The van der Waals surface area contributed by atoms with Crippen molar-refractivity contribution in [2.75, 3.05) is 14.2 Å². The zero-order chi connectivity index (χ0) is 18.6. The third-order valence-corrected chi connectivity index (χ3v) is 3.98. The van der Waals surface area contributed by atoms with E-state index < -0.39 is 11.8 Å². The van der Waals surface area contributed by atoms with E-state index >= 15 is 0 Å². The molecule has 0 spiro atoms. The van der Waals surface area contributed by atoms with Crippen molar-refractivity contribution >= 4 is 36.3 Å². The Morgan fingerprint density at radius 3 is 2.64 bits per heavy atom. The molecule has 2 rings (SSSR count). The van der Waals surface area contributed by atoms with Gasteiger partial charge >= 0.3 is 5.97 Å². The molecule has 1 aromatic heterocycles. The summed E-state index contributed by atoms with van der Waals surface area (Å²) in [5.74, 6) is -1.24. The summed E-state index contributed by atoms with van der Waals surface area (Å²) in [6.07, 6.45) is 3.42. The molecule has 0 atom stereocenters. The van der Waals surface area contributed by atoms with Crippen molar-refractivity contribution in [3.63, 3.8) is 0 Å². The maximum Gasteiger partial charge on any atom is 0.357 e. The van der Waals surface area contributed by atoms with Crippen LogP contribution in [0.15, 0.2) is 18.2 Å². The fourth-order valence-corrected chi connectivity index (χ4v) is 2.71. The van der Waals surface area contributed by atoms with Gasteiger partial charge in [-0.2, -0.15) is 12.6 Å².